The number of nitrogens with zero attached hydrogens (tertiary/aromatic N) is 4. The zero-order valence-corrected chi connectivity index (χ0v) is 20.3. The molecule has 0 aliphatic rings. The number of rotatable bonds is 8. The van der Waals surface area contributed by atoms with Gasteiger partial charge in [0.15, 0.2) is 5.82 Å². The molecule has 2 aromatic heterocycles. The minimum absolute atomic E-state index is 0.116. The fraction of sp³-hybridized carbons (Fsp3) is 0.167. The van der Waals surface area contributed by atoms with Crippen molar-refractivity contribution in [3.8, 4) is 22.4 Å². The van der Waals surface area contributed by atoms with Crippen molar-refractivity contribution in [2.75, 3.05) is 18.1 Å². The third-order valence-corrected chi connectivity index (χ3v) is 7.06. The van der Waals surface area contributed by atoms with Crippen LogP contribution in [-0.2, 0) is 21.3 Å². The monoisotopic (exact) mass is 556 g/mol. The number of pyridine rings is 1. The van der Waals surface area contributed by atoms with E-state index >= 15 is 4.39 Å². The Bertz CT molecular complexity index is 1560. The van der Waals surface area contributed by atoms with Crippen molar-refractivity contribution in [1.29, 1.82) is 0 Å². The van der Waals surface area contributed by atoms with Crippen molar-refractivity contribution in [2.45, 2.75) is 17.6 Å². The lowest BCUT2D eigenvalue weighted by Gasteiger charge is -2.25. The van der Waals surface area contributed by atoms with Crippen LogP contribution in [0.15, 0.2) is 72.0 Å². The van der Waals surface area contributed by atoms with Gasteiger partial charge in [-0.2, -0.15) is 18.3 Å². The van der Waals surface area contributed by atoms with Crippen LogP contribution in [0.2, 0.25) is 0 Å². The summed E-state index contributed by atoms with van der Waals surface area (Å²) in [6.07, 6.45) is -0.783. The summed E-state index contributed by atoms with van der Waals surface area (Å²) in [5.41, 5.74) is -0.696. The second-order valence-electron chi connectivity index (χ2n) is 7.92. The number of methoxy groups -OCH3 is 1. The molecule has 0 fully saturated rings. The highest BCUT2D eigenvalue weighted by Gasteiger charge is 2.33. The predicted octanol–water partition coefficient (Wildman–Crippen LogP) is 5.39. The van der Waals surface area contributed by atoms with E-state index in [1.165, 1.54) is 36.7 Å². The Balaban J connectivity index is 1.90. The second kappa shape index (κ2) is 10.5. The highest BCUT2D eigenvalue weighted by molar-refractivity contribution is 7.92. The van der Waals surface area contributed by atoms with Crippen LogP contribution in [0, 0.1) is 17.5 Å². The standard InChI is InChI=1S/C24H18F6N4O3S/c1-37-14-34(38(35,36)21-11-16(25)5-6-19(21)26)20-4-2-3-17(22(20)27)23-18(15-7-9-31-10-8-15)12-33(32-23)13-24(28,29)30/h2-12H,13-14H2,1H3. The molecule has 200 valence electrons. The Morgan fingerprint density at radius 3 is 2.37 bits per heavy atom. The van der Waals surface area contributed by atoms with Crippen LogP contribution in [0.5, 0.6) is 0 Å². The van der Waals surface area contributed by atoms with Crippen LogP contribution < -0.4 is 4.31 Å². The van der Waals surface area contributed by atoms with E-state index in [1.807, 2.05) is 0 Å². The molecule has 0 saturated heterocycles. The quantitative estimate of drug-likeness (QED) is 0.215. The summed E-state index contributed by atoms with van der Waals surface area (Å²) >= 11 is 0. The SMILES string of the molecule is COCN(c1cccc(-c2nn(CC(F)(F)F)cc2-c2ccncc2)c1F)S(=O)(=O)c1cc(F)ccc1F. The smallest absolute Gasteiger partial charge is 0.363 e. The maximum absolute atomic E-state index is 16.0. The highest BCUT2D eigenvalue weighted by atomic mass is 32.2. The number of ether oxygens (including phenoxy) is 1. The first-order chi connectivity index (χ1) is 17.9. The first kappa shape index (κ1) is 27.1. The van der Waals surface area contributed by atoms with E-state index in [-0.39, 0.29) is 16.8 Å². The Morgan fingerprint density at radius 2 is 1.71 bits per heavy atom. The van der Waals surface area contributed by atoms with E-state index in [1.54, 1.807) is 0 Å². The third kappa shape index (κ3) is 5.50. The Kier molecular flexibility index (Phi) is 7.47. The molecule has 0 radical (unpaired) electrons. The molecule has 2 aromatic carbocycles. The maximum atomic E-state index is 16.0. The average Bonchev–Trinajstić information content (AvgIpc) is 3.26. The molecule has 4 aromatic rings. The van der Waals surface area contributed by atoms with Crippen molar-refractivity contribution in [2.24, 2.45) is 0 Å². The summed E-state index contributed by atoms with van der Waals surface area (Å²) in [5.74, 6) is -3.53. The Morgan fingerprint density at radius 1 is 1.00 bits per heavy atom. The lowest BCUT2D eigenvalue weighted by Crippen LogP contribution is -2.34. The number of hydrogen-bond acceptors (Lipinski definition) is 5. The maximum Gasteiger partial charge on any atom is 0.408 e. The first-order valence-corrected chi connectivity index (χ1v) is 12.2. The Hall–Kier alpha value is -3.91. The van der Waals surface area contributed by atoms with E-state index in [4.69, 9.17) is 4.74 Å². The van der Waals surface area contributed by atoms with Crippen LogP contribution in [0.3, 0.4) is 0 Å². The summed E-state index contributed by atoms with van der Waals surface area (Å²) in [6.45, 7) is -2.26. The molecule has 4 rings (SSSR count). The normalized spacial score (nSPS) is 12.1. The van der Waals surface area contributed by atoms with Gasteiger partial charge in [0.05, 0.1) is 5.69 Å². The fourth-order valence-corrected chi connectivity index (χ4v) is 5.16. The number of sulfonamides is 1. The van der Waals surface area contributed by atoms with Crippen LogP contribution in [0.1, 0.15) is 0 Å². The summed E-state index contributed by atoms with van der Waals surface area (Å²) < 4.78 is 116. The number of aromatic nitrogens is 3. The van der Waals surface area contributed by atoms with Gasteiger partial charge in [-0.05, 0) is 48.0 Å². The lowest BCUT2D eigenvalue weighted by molar-refractivity contribution is -0.142. The van der Waals surface area contributed by atoms with Gasteiger partial charge in [0.1, 0.15) is 35.5 Å². The van der Waals surface area contributed by atoms with Gasteiger partial charge >= 0.3 is 6.18 Å². The van der Waals surface area contributed by atoms with E-state index < -0.39 is 57.5 Å². The zero-order chi connectivity index (χ0) is 27.7. The minimum Gasteiger partial charge on any atom is -0.363 e. The summed E-state index contributed by atoms with van der Waals surface area (Å²) in [6, 6.07) is 8.21. The van der Waals surface area contributed by atoms with Gasteiger partial charge in [-0.15, -0.1) is 0 Å². The molecule has 38 heavy (non-hydrogen) atoms. The van der Waals surface area contributed by atoms with Crippen molar-refractivity contribution in [3.63, 3.8) is 0 Å². The molecule has 0 atom stereocenters. The highest BCUT2D eigenvalue weighted by Crippen LogP contribution is 2.37. The van der Waals surface area contributed by atoms with Crippen molar-refractivity contribution in [1.82, 2.24) is 14.8 Å². The summed E-state index contributed by atoms with van der Waals surface area (Å²) in [5, 5.41) is 3.92. The third-order valence-electron chi connectivity index (χ3n) is 5.30. The van der Waals surface area contributed by atoms with Gasteiger partial charge in [0, 0.05) is 36.8 Å². The van der Waals surface area contributed by atoms with Gasteiger partial charge in [0.25, 0.3) is 10.0 Å². The van der Waals surface area contributed by atoms with Gasteiger partial charge in [-0.1, -0.05) is 6.07 Å². The van der Waals surface area contributed by atoms with Crippen LogP contribution >= 0.6 is 0 Å². The van der Waals surface area contributed by atoms with E-state index in [0.29, 0.717) is 32.7 Å². The van der Waals surface area contributed by atoms with E-state index in [0.717, 1.165) is 19.4 Å². The van der Waals surface area contributed by atoms with Crippen molar-refractivity contribution < 1.29 is 39.5 Å². The zero-order valence-electron chi connectivity index (χ0n) is 19.5. The van der Waals surface area contributed by atoms with Crippen molar-refractivity contribution in [3.05, 3.63) is 84.6 Å². The fourth-order valence-electron chi connectivity index (χ4n) is 3.70. The molecule has 0 amide bonds. The molecular formula is C24H18F6N4O3S. The molecule has 0 aliphatic carbocycles. The first-order valence-electron chi connectivity index (χ1n) is 10.7. The minimum atomic E-state index is -4.90. The van der Waals surface area contributed by atoms with Gasteiger partial charge in [-0.25, -0.2) is 25.9 Å². The topological polar surface area (TPSA) is 77.3 Å². The number of hydrogen-bond donors (Lipinski definition) is 0. The van der Waals surface area contributed by atoms with Crippen LogP contribution in [0.4, 0.5) is 32.0 Å². The molecular weight excluding hydrogens is 538 g/mol. The lowest BCUT2D eigenvalue weighted by atomic mass is 10.0. The molecule has 0 unspecified atom stereocenters. The van der Waals surface area contributed by atoms with Gasteiger partial charge in [-0.3, -0.25) is 9.67 Å². The van der Waals surface area contributed by atoms with Crippen LogP contribution in [-0.4, -0.2) is 43.2 Å². The number of anilines is 1. The van der Waals surface area contributed by atoms with Crippen molar-refractivity contribution >= 4 is 15.7 Å². The van der Waals surface area contributed by atoms with E-state index in [9.17, 15) is 30.4 Å². The summed E-state index contributed by atoms with van der Waals surface area (Å²) in [4.78, 5) is 2.79. The number of halogens is 6. The summed E-state index contributed by atoms with van der Waals surface area (Å²) in [7, 11) is -3.80. The molecule has 0 aliphatic heterocycles. The molecule has 7 nitrogen and oxygen atoms in total. The molecule has 2 heterocycles. The average molecular weight is 556 g/mol. The number of benzene rings is 2. The predicted molar refractivity (Wildman–Crippen MR) is 125 cm³/mol. The molecule has 0 bridgehead atoms. The molecule has 0 spiro atoms. The molecule has 0 saturated carbocycles. The Labute approximate surface area is 213 Å². The largest absolute Gasteiger partial charge is 0.408 e. The number of alkyl halides is 3. The van der Waals surface area contributed by atoms with Gasteiger partial charge < -0.3 is 4.74 Å². The second-order valence-corrected chi connectivity index (χ2v) is 9.76. The molecule has 14 heteroatoms. The van der Waals surface area contributed by atoms with E-state index in [2.05, 4.69) is 10.1 Å². The van der Waals surface area contributed by atoms with Crippen LogP contribution in [0.25, 0.3) is 22.4 Å². The molecule has 0 N–H and O–H groups in total. The van der Waals surface area contributed by atoms with Gasteiger partial charge in [0.2, 0.25) is 0 Å².